The summed E-state index contributed by atoms with van der Waals surface area (Å²) in [5.74, 6) is -2.48. The zero-order valence-electron chi connectivity index (χ0n) is 10.9. The van der Waals surface area contributed by atoms with Crippen molar-refractivity contribution in [1.82, 2.24) is 9.97 Å². The molecule has 1 N–H and O–H groups in total. The van der Waals surface area contributed by atoms with Gasteiger partial charge in [0, 0.05) is 18.6 Å². The Labute approximate surface area is 123 Å². The van der Waals surface area contributed by atoms with E-state index in [1.165, 1.54) is 18.5 Å². The first-order valence-electron chi connectivity index (χ1n) is 6.07. The van der Waals surface area contributed by atoms with Gasteiger partial charge in [-0.25, -0.2) is 17.2 Å². The van der Waals surface area contributed by atoms with Gasteiger partial charge in [-0.1, -0.05) is 0 Å². The summed E-state index contributed by atoms with van der Waals surface area (Å²) in [5.41, 5.74) is -0.337. The van der Waals surface area contributed by atoms with E-state index in [0.29, 0.717) is 17.6 Å². The molecule has 0 fully saturated rings. The number of fused-ring (bicyclic) bond motifs is 1. The molecule has 0 spiro atoms. The molecule has 2 heterocycles. The fraction of sp³-hybridized carbons (Fsp3) is 0. The van der Waals surface area contributed by atoms with Crippen molar-refractivity contribution in [3.05, 3.63) is 64.7 Å². The molecule has 0 unspecified atom stereocenters. The number of hydrogen-bond acceptors (Lipinski definition) is 4. The largest absolute Gasteiger partial charge is 0.360 e. The van der Waals surface area contributed by atoms with E-state index in [9.17, 15) is 22.0 Å². The number of aromatic amines is 1. The van der Waals surface area contributed by atoms with Crippen molar-refractivity contribution >= 4 is 20.7 Å². The monoisotopic (exact) mass is 322 g/mol. The maximum Gasteiger partial charge on any atom is 0.212 e. The van der Waals surface area contributed by atoms with Crippen LogP contribution in [0.15, 0.2) is 57.4 Å². The lowest BCUT2D eigenvalue weighted by molar-refractivity contribution is 0.504. The van der Waals surface area contributed by atoms with Crippen LogP contribution in [-0.2, 0) is 9.84 Å². The standard InChI is InChI=1S/C14H8F2N2O3S/c15-10-2-1-8(5-11(10)16)22(20,21)13-7-18-12-3-4-17-6-9(12)14(13)19/h1-7H,(H,18,19). The first-order chi connectivity index (χ1) is 10.4. The number of nitrogens with zero attached hydrogens (tertiary/aromatic N) is 1. The summed E-state index contributed by atoms with van der Waals surface area (Å²) < 4.78 is 51.0. The molecule has 2 aromatic heterocycles. The molecule has 8 heteroatoms. The number of benzene rings is 1. The van der Waals surface area contributed by atoms with Gasteiger partial charge in [0.2, 0.25) is 15.3 Å². The van der Waals surface area contributed by atoms with Crippen LogP contribution in [0.4, 0.5) is 8.78 Å². The third kappa shape index (κ3) is 2.17. The number of H-pyrrole nitrogens is 1. The van der Waals surface area contributed by atoms with E-state index in [1.54, 1.807) is 0 Å². The minimum absolute atomic E-state index is 0.0890. The topological polar surface area (TPSA) is 79.9 Å². The van der Waals surface area contributed by atoms with Gasteiger partial charge in [0.15, 0.2) is 11.6 Å². The third-order valence-electron chi connectivity index (χ3n) is 3.14. The van der Waals surface area contributed by atoms with Crippen LogP contribution in [0, 0.1) is 11.6 Å². The summed E-state index contributed by atoms with van der Waals surface area (Å²) in [6.07, 6.45) is 3.71. The van der Waals surface area contributed by atoms with Crippen molar-refractivity contribution in [3.63, 3.8) is 0 Å². The maximum atomic E-state index is 13.2. The van der Waals surface area contributed by atoms with E-state index >= 15 is 0 Å². The van der Waals surface area contributed by atoms with Crippen LogP contribution in [-0.4, -0.2) is 18.4 Å². The van der Waals surface area contributed by atoms with Gasteiger partial charge < -0.3 is 4.98 Å². The molecule has 0 aliphatic rings. The second-order valence-electron chi connectivity index (χ2n) is 4.48. The molecule has 0 bridgehead atoms. The summed E-state index contributed by atoms with van der Waals surface area (Å²) >= 11 is 0. The molecule has 3 aromatic rings. The van der Waals surface area contributed by atoms with E-state index in [0.717, 1.165) is 12.3 Å². The van der Waals surface area contributed by atoms with Crippen molar-refractivity contribution in [2.45, 2.75) is 9.79 Å². The molecule has 3 rings (SSSR count). The van der Waals surface area contributed by atoms with Gasteiger partial charge in [-0.05, 0) is 24.3 Å². The highest BCUT2D eigenvalue weighted by Crippen LogP contribution is 2.21. The molecule has 0 aliphatic heterocycles. The van der Waals surface area contributed by atoms with Crippen LogP contribution < -0.4 is 5.43 Å². The molecule has 22 heavy (non-hydrogen) atoms. The van der Waals surface area contributed by atoms with Gasteiger partial charge in [0.1, 0.15) is 4.90 Å². The van der Waals surface area contributed by atoms with Crippen molar-refractivity contribution in [2.24, 2.45) is 0 Å². The average molecular weight is 322 g/mol. The van der Waals surface area contributed by atoms with E-state index in [1.807, 2.05) is 0 Å². The highest BCUT2D eigenvalue weighted by Gasteiger charge is 2.23. The molecule has 1 aromatic carbocycles. The fourth-order valence-electron chi connectivity index (χ4n) is 2.01. The maximum absolute atomic E-state index is 13.2. The normalized spacial score (nSPS) is 11.7. The predicted octanol–water partition coefficient (Wildman–Crippen LogP) is 2.03. The average Bonchev–Trinajstić information content (AvgIpc) is 2.50. The lowest BCUT2D eigenvalue weighted by Crippen LogP contribution is -2.16. The number of pyridine rings is 2. The van der Waals surface area contributed by atoms with Crippen LogP contribution in [0.3, 0.4) is 0 Å². The first-order valence-corrected chi connectivity index (χ1v) is 7.55. The molecule has 0 atom stereocenters. The van der Waals surface area contributed by atoms with Crippen LogP contribution in [0.5, 0.6) is 0 Å². The van der Waals surface area contributed by atoms with Crippen molar-refractivity contribution < 1.29 is 17.2 Å². The second-order valence-corrected chi connectivity index (χ2v) is 6.40. The van der Waals surface area contributed by atoms with Crippen molar-refractivity contribution in [1.29, 1.82) is 0 Å². The minimum Gasteiger partial charge on any atom is -0.360 e. The summed E-state index contributed by atoms with van der Waals surface area (Å²) in [6, 6.07) is 3.65. The number of rotatable bonds is 2. The zero-order chi connectivity index (χ0) is 15.9. The Hall–Kier alpha value is -2.61. The van der Waals surface area contributed by atoms with Crippen molar-refractivity contribution in [2.75, 3.05) is 0 Å². The Bertz CT molecular complexity index is 1050. The predicted molar refractivity (Wildman–Crippen MR) is 74.2 cm³/mol. The SMILES string of the molecule is O=c1c(S(=O)(=O)c2ccc(F)c(F)c2)c[nH]c2ccncc12. The lowest BCUT2D eigenvalue weighted by Gasteiger charge is -2.06. The lowest BCUT2D eigenvalue weighted by atomic mass is 10.3. The molecule has 0 aliphatic carbocycles. The van der Waals surface area contributed by atoms with E-state index < -0.39 is 36.7 Å². The van der Waals surface area contributed by atoms with Crippen molar-refractivity contribution in [3.8, 4) is 0 Å². The summed E-state index contributed by atoms with van der Waals surface area (Å²) in [7, 11) is -4.28. The Kier molecular flexibility index (Phi) is 3.25. The zero-order valence-corrected chi connectivity index (χ0v) is 11.7. The fourth-order valence-corrected chi connectivity index (χ4v) is 3.34. The van der Waals surface area contributed by atoms with Gasteiger partial charge in [-0.15, -0.1) is 0 Å². The van der Waals surface area contributed by atoms with E-state index in [2.05, 4.69) is 9.97 Å². The quantitative estimate of drug-likeness (QED) is 0.732. The van der Waals surface area contributed by atoms with E-state index in [4.69, 9.17) is 0 Å². The molecule has 5 nitrogen and oxygen atoms in total. The number of hydrogen-bond donors (Lipinski definition) is 1. The Morgan fingerprint density at radius 2 is 1.86 bits per heavy atom. The molecule has 0 amide bonds. The summed E-state index contributed by atoms with van der Waals surface area (Å²) in [4.78, 5) is 17.7. The first kappa shape index (κ1) is 14.3. The van der Waals surface area contributed by atoms with Gasteiger partial charge in [0.05, 0.1) is 15.8 Å². The molecular weight excluding hydrogens is 314 g/mol. The van der Waals surface area contributed by atoms with Crippen LogP contribution in [0.1, 0.15) is 0 Å². The van der Waals surface area contributed by atoms with Gasteiger partial charge >= 0.3 is 0 Å². The highest BCUT2D eigenvalue weighted by atomic mass is 32.2. The minimum atomic E-state index is -4.28. The summed E-state index contributed by atoms with van der Waals surface area (Å²) in [6.45, 7) is 0. The Morgan fingerprint density at radius 1 is 1.09 bits per heavy atom. The van der Waals surface area contributed by atoms with Crippen LogP contribution in [0.2, 0.25) is 0 Å². The Morgan fingerprint density at radius 3 is 2.59 bits per heavy atom. The smallest absolute Gasteiger partial charge is 0.212 e. The third-order valence-corrected chi connectivity index (χ3v) is 4.90. The molecular formula is C14H8F2N2O3S. The van der Waals surface area contributed by atoms with Gasteiger partial charge in [-0.2, -0.15) is 0 Å². The molecule has 0 radical (unpaired) electrons. The highest BCUT2D eigenvalue weighted by molar-refractivity contribution is 7.91. The molecule has 0 saturated carbocycles. The van der Waals surface area contributed by atoms with Crippen LogP contribution >= 0.6 is 0 Å². The van der Waals surface area contributed by atoms with Gasteiger partial charge in [0.25, 0.3) is 0 Å². The number of sulfone groups is 1. The van der Waals surface area contributed by atoms with Gasteiger partial charge in [-0.3, -0.25) is 9.78 Å². The summed E-state index contributed by atoms with van der Waals surface area (Å²) in [5, 5.41) is 0.0890. The molecule has 112 valence electrons. The second kappa shape index (κ2) is 4.99. The number of halogens is 2. The number of aromatic nitrogens is 2. The number of nitrogens with one attached hydrogen (secondary N) is 1. The van der Waals surface area contributed by atoms with Crippen LogP contribution in [0.25, 0.3) is 10.9 Å². The molecule has 0 saturated heterocycles. The van der Waals surface area contributed by atoms with E-state index in [-0.39, 0.29) is 5.39 Å². The Balaban J connectivity index is 2.27.